The highest BCUT2D eigenvalue weighted by Gasteiger charge is 2.11. The summed E-state index contributed by atoms with van der Waals surface area (Å²) in [6.07, 6.45) is -0.276. The van der Waals surface area contributed by atoms with Crippen molar-refractivity contribution < 1.29 is 14.8 Å². The van der Waals surface area contributed by atoms with Gasteiger partial charge in [0.15, 0.2) is 0 Å². The lowest BCUT2D eigenvalue weighted by atomic mass is 10.1. The van der Waals surface area contributed by atoms with Gasteiger partial charge in [0.2, 0.25) is 0 Å². The number of aliphatic carboxylic acids is 1. The number of carbonyl (C=O) groups is 1. The summed E-state index contributed by atoms with van der Waals surface area (Å²) in [5.74, 6) is 4.02. The maximum Gasteiger partial charge on any atom is 0.315 e. The fraction of sp³-hybridized carbons (Fsp3) is 0.182. The predicted molar refractivity (Wildman–Crippen MR) is 57.0 cm³/mol. The molecule has 0 atom stereocenters. The summed E-state index contributed by atoms with van der Waals surface area (Å²) in [6, 6.07) is 4.53. The van der Waals surface area contributed by atoms with Gasteiger partial charge in [-0.2, -0.15) is 0 Å². The average Bonchev–Trinajstić information content (AvgIpc) is 2.19. The second-order valence-corrected chi connectivity index (χ2v) is 3.08. The third kappa shape index (κ3) is 2.82. The van der Waals surface area contributed by atoms with Gasteiger partial charge in [-0.1, -0.05) is 17.9 Å². The van der Waals surface area contributed by atoms with Gasteiger partial charge in [-0.15, -0.1) is 0 Å². The SMILES string of the molecule is Cc1c(C#CCC(=O)O)cccc1[N+](=O)[O-]. The summed E-state index contributed by atoms with van der Waals surface area (Å²) >= 11 is 0. The largest absolute Gasteiger partial charge is 0.481 e. The number of nitrogens with zero attached hydrogens (tertiary/aromatic N) is 1. The van der Waals surface area contributed by atoms with E-state index in [0.717, 1.165) is 0 Å². The normalized spacial score (nSPS) is 9.06. The van der Waals surface area contributed by atoms with Gasteiger partial charge >= 0.3 is 5.97 Å². The average molecular weight is 219 g/mol. The summed E-state index contributed by atoms with van der Waals surface area (Å²) < 4.78 is 0. The van der Waals surface area contributed by atoms with E-state index in [2.05, 4.69) is 11.8 Å². The van der Waals surface area contributed by atoms with Gasteiger partial charge in [0.1, 0.15) is 6.42 Å². The summed E-state index contributed by atoms with van der Waals surface area (Å²) in [6.45, 7) is 1.59. The molecule has 1 N–H and O–H groups in total. The highest BCUT2D eigenvalue weighted by Crippen LogP contribution is 2.20. The topological polar surface area (TPSA) is 80.4 Å². The first-order valence-electron chi connectivity index (χ1n) is 4.47. The van der Waals surface area contributed by atoms with Crippen LogP contribution in [0.5, 0.6) is 0 Å². The fourth-order valence-electron chi connectivity index (χ4n) is 1.17. The number of carboxylic acid groups (broad SMARTS) is 1. The van der Waals surface area contributed by atoms with Gasteiger partial charge in [-0.25, -0.2) is 0 Å². The zero-order valence-electron chi connectivity index (χ0n) is 8.56. The van der Waals surface area contributed by atoms with Crippen LogP contribution in [0.4, 0.5) is 5.69 Å². The molecule has 5 nitrogen and oxygen atoms in total. The highest BCUT2D eigenvalue weighted by atomic mass is 16.6. The van der Waals surface area contributed by atoms with E-state index in [1.165, 1.54) is 12.1 Å². The molecule has 0 amide bonds. The van der Waals surface area contributed by atoms with Crippen LogP contribution in [0.2, 0.25) is 0 Å². The standard InChI is InChI=1S/C11H9NO4/c1-8-9(5-3-7-11(13)14)4-2-6-10(8)12(15)16/h2,4,6H,7H2,1H3,(H,13,14). The Morgan fingerprint density at radius 1 is 1.56 bits per heavy atom. The van der Waals surface area contributed by atoms with Gasteiger partial charge in [0.25, 0.3) is 5.69 Å². The number of carboxylic acids is 1. The monoisotopic (exact) mass is 219 g/mol. The molecule has 0 saturated heterocycles. The number of nitro benzene ring substituents is 1. The Morgan fingerprint density at radius 2 is 2.25 bits per heavy atom. The molecule has 0 aromatic heterocycles. The van der Waals surface area contributed by atoms with Gasteiger partial charge in [0.05, 0.1) is 4.92 Å². The van der Waals surface area contributed by atoms with Crippen LogP contribution < -0.4 is 0 Å². The minimum atomic E-state index is -1.02. The van der Waals surface area contributed by atoms with E-state index in [1.807, 2.05) is 0 Å². The van der Waals surface area contributed by atoms with Crippen molar-refractivity contribution >= 4 is 11.7 Å². The van der Waals surface area contributed by atoms with E-state index in [0.29, 0.717) is 11.1 Å². The number of hydrogen-bond donors (Lipinski definition) is 1. The molecule has 0 saturated carbocycles. The Bertz CT molecular complexity index is 496. The van der Waals surface area contributed by atoms with Crippen LogP contribution >= 0.6 is 0 Å². The van der Waals surface area contributed by atoms with Crippen molar-refractivity contribution in [3.05, 3.63) is 39.4 Å². The van der Waals surface area contributed by atoms with Crippen LogP contribution in [0, 0.1) is 28.9 Å². The molecular weight excluding hydrogens is 210 g/mol. The molecule has 16 heavy (non-hydrogen) atoms. The molecule has 0 aliphatic carbocycles. The zero-order chi connectivity index (χ0) is 12.1. The molecule has 1 rings (SSSR count). The first-order chi connectivity index (χ1) is 7.52. The predicted octanol–water partition coefficient (Wildman–Crippen LogP) is 1.73. The first kappa shape index (κ1) is 11.7. The number of nitro groups is 1. The minimum Gasteiger partial charge on any atom is -0.481 e. The summed E-state index contributed by atoms with van der Waals surface area (Å²) in [5.41, 5.74) is 0.919. The number of benzene rings is 1. The van der Waals surface area contributed by atoms with Crippen LogP contribution in [0.15, 0.2) is 18.2 Å². The fourth-order valence-corrected chi connectivity index (χ4v) is 1.17. The molecule has 0 heterocycles. The molecule has 82 valence electrons. The molecule has 0 aliphatic rings. The molecule has 0 radical (unpaired) electrons. The first-order valence-corrected chi connectivity index (χ1v) is 4.47. The summed E-state index contributed by atoms with van der Waals surface area (Å²) in [7, 11) is 0. The second kappa shape index (κ2) is 4.94. The minimum absolute atomic E-state index is 0.0119. The highest BCUT2D eigenvalue weighted by molar-refractivity contribution is 5.70. The summed E-state index contributed by atoms with van der Waals surface area (Å²) in [4.78, 5) is 20.4. The zero-order valence-corrected chi connectivity index (χ0v) is 8.56. The maximum atomic E-state index is 10.6. The number of rotatable bonds is 2. The van der Waals surface area contributed by atoms with E-state index in [9.17, 15) is 14.9 Å². The smallest absolute Gasteiger partial charge is 0.315 e. The van der Waals surface area contributed by atoms with E-state index in [1.54, 1.807) is 13.0 Å². The molecule has 1 aromatic rings. The van der Waals surface area contributed by atoms with E-state index >= 15 is 0 Å². The molecule has 1 aromatic carbocycles. The van der Waals surface area contributed by atoms with Crippen LogP contribution in [0.3, 0.4) is 0 Å². The number of hydrogen-bond acceptors (Lipinski definition) is 3. The van der Waals surface area contributed by atoms with E-state index in [4.69, 9.17) is 5.11 Å². The lowest BCUT2D eigenvalue weighted by Gasteiger charge is -1.98. The van der Waals surface area contributed by atoms with Crippen LogP contribution in [-0.2, 0) is 4.79 Å². The van der Waals surface area contributed by atoms with Crippen molar-refractivity contribution in [2.24, 2.45) is 0 Å². The van der Waals surface area contributed by atoms with E-state index < -0.39 is 10.9 Å². The van der Waals surface area contributed by atoms with Crippen molar-refractivity contribution in [1.82, 2.24) is 0 Å². The quantitative estimate of drug-likeness (QED) is 0.466. The molecule has 0 bridgehead atoms. The van der Waals surface area contributed by atoms with Crippen LogP contribution in [0.1, 0.15) is 17.5 Å². The molecule has 0 spiro atoms. The van der Waals surface area contributed by atoms with Gasteiger partial charge < -0.3 is 5.11 Å². The van der Waals surface area contributed by atoms with Crippen molar-refractivity contribution in [3.63, 3.8) is 0 Å². The third-order valence-electron chi connectivity index (χ3n) is 1.96. The van der Waals surface area contributed by atoms with Gasteiger partial charge in [-0.05, 0) is 13.0 Å². The Labute approximate surface area is 91.9 Å². The van der Waals surface area contributed by atoms with E-state index in [-0.39, 0.29) is 12.1 Å². The molecular formula is C11H9NO4. The Hall–Kier alpha value is -2.35. The lowest BCUT2D eigenvalue weighted by molar-refractivity contribution is -0.385. The molecule has 0 aliphatic heterocycles. The second-order valence-electron chi connectivity index (χ2n) is 3.08. The molecule has 0 unspecified atom stereocenters. The van der Waals surface area contributed by atoms with Crippen molar-refractivity contribution in [3.8, 4) is 11.8 Å². The Balaban J connectivity index is 3.05. The van der Waals surface area contributed by atoms with Gasteiger partial charge in [-0.3, -0.25) is 14.9 Å². The van der Waals surface area contributed by atoms with Crippen LogP contribution in [-0.4, -0.2) is 16.0 Å². The Morgan fingerprint density at radius 3 is 2.81 bits per heavy atom. The van der Waals surface area contributed by atoms with Crippen molar-refractivity contribution in [2.45, 2.75) is 13.3 Å². The summed E-state index contributed by atoms with van der Waals surface area (Å²) in [5, 5.41) is 19.0. The van der Waals surface area contributed by atoms with Gasteiger partial charge in [0, 0.05) is 17.2 Å². The Kier molecular flexibility index (Phi) is 3.62. The molecule has 0 fully saturated rings. The van der Waals surface area contributed by atoms with Crippen LogP contribution in [0.25, 0.3) is 0 Å². The maximum absolute atomic E-state index is 10.6. The van der Waals surface area contributed by atoms with Crippen molar-refractivity contribution in [2.75, 3.05) is 0 Å². The van der Waals surface area contributed by atoms with Crippen molar-refractivity contribution in [1.29, 1.82) is 0 Å². The molecule has 5 heteroatoms. The third-order valence-corrected chi connectivity index (χ3v) is 1.96. The lowest BCUT2D eigenvalue weighted by Crippen LogP contribution is -1.94.